The van der Waals surface area contributed by atoms with Crippen LogP contribution in [0.1, 0.15) is 25.7 Å². The van der Waals surface area contributed by atoms with Gasteiger partial charge in [0.15, 0.2) is 5.96 Å². The summed E-state index contributed by atoms with van der Waals surface area (Å²) in [6, 6.07) is 8.84. The van der Waals surface area contributed by atoms with Crippen molar-refractivity contribution in [2.75, 3.05) is 51.8 Å². The Morgan fingerprint density at radius 1 is 1.21 bits per heavy atom. The van der Waals surface area contributed by atoms with Crippen molar-refractivity contribution in [2.24, 2.45) is 16.3 Å². The predicted molar refractivity (Wildman–Crippen MR) is 111 cm³/mol. The number of piperazine rings is 1. The maximum absolute atomic E-state index is 6.07. The lowest BCUT2D eigenvalue weighted by molar-refractivity contribution is -0.171. The molecule has 2 saturated carbocycles. The van der Waals surface area contributed by atoms with E-state index in [-0.39, 0.29) is 0 Å². The Bertz CT molecular complexity index is 740. The summed E-state index contributed by atoms with van der Waals surface area (Å²) in [7, 11) is 3.67. The molecule has 4 fully saturated rings. The number of benzene rings is 1. The number of rotatable bonds is 3. The van der Waals surface area contributed by atoms with Gasteiger partial charge in [-0.3, -0.25) is 4.99 Å². The first-order valence-electron chi connectivity index (χ1n) is 10.7. The number of nitrogens with zero attached hydrogens (tertiary/aromatic N) is 3. The highest BCUT2D eigenvalue weighted by Crippen LogP contribution is 2.62. The summed E-state index contributed by atoms with van der Waals surface area (Å²) in [6.07, 6.45) is 5.66. The SMILES string of the molecule is CN=C(NC1C2CCOC2C12CCC2)N1CCN(c2ccccc2OC)CC1. The molecule has 0 bridgehead atoms. The van der Waals surface area contributed by atoms with E-state index < -0.39 is 0 Å². The molecule has 28 heavy (non-hydrogen) atoms. The maximum atomic E-state index is 6.07. The van der Waals surface area contributed by atoms with Crippen molar-refractivity contribution in [3.8, 4) is 5.75 Å². The van der Waals surface area contributed by atoms with Crippen LogP contribution in [0.25, 0.3) is 0 Å². The molecule has 1 aromatic rings. The van der Waals surface area contributed by atoms with E-state index in [0.717, 1.165) is 44.5 Å². The van der Waals surface area contributed by atoms with Crippen molar-refractivity contribution < 1.29 is 9.47 Å². The largest absolute Gasteiger partial charge is 0.495 e. The van der Waals surface area contributed by atoms with Crippen LogP contribution in [0.3, 0.4) is 0 Å². The minimum atomic E-state index is 0.385. The van der Waals surface area contributed by atoms with E-state index >= 15 is 0 Å². The van der Waals surface area contributed by atoms with Crippen molar-refractivity contribution in [2.45, 2.75) is 37.8 Å². The third kappa shape index (κ3) is 2.68. The Kier molecular flexibility index (Phi) is 4.62. The number of nitrogens with one attached hydrogen (secondary N) is 1. The minimum Gasteiger partial charge on any atom is -0.495 e. The van der Waals surface area contributed by atoms with Gasteiger partial charge in [-0.15, -0.1) is 0 Å². The molecule has 2 aliphatic heterocycles. The Morgan fingerprint density at radius 3 is 2.68 bits per heavy atom. The molecule has 0 amide bonds. The zero-order chi connectivity index (χ0) is 19.1. The minimum absolute atomic E-state index is 0.385. The number of hydrogen-bond donors (Lipinski definition) is 1. The van der Waals surface area contributed by atoms with Crippen LogP contribution in [0.15, 0.2) is 29.3 Å². The van der Waals surface area contributed by atoms with E-state index in [1.807, 2.05) is 19.2 Å². The van der Waals surface area contributed by atoms with Crippen molar-refractivity contribution in [3.63, 3.8) is 0 Å². The Balaban J connectivity index is 1.23. The van der Waals surface area contributed by atoms with Gasteiger partial charge in [0.25, 0.3) is 0 Å². The number of aliphatic imine (C=N–C) groups is 1. The first kappa shape index (κ1) is 18.1. The van der Waals surface area contributed by atoms with Gasteiger partial charge in [-0.25, -0.2) is 0 Å². The first-order valence-corrected chi connectivity index (χ1v) is 10.7. The quantitative estimate of drug-likeness (QED) is 0.640. The fraction of sp³-hybridized carbons (Fsp3) is 0.682. The van der Waals surface area contributed by atoms with E-state index in [2.05, 4.69) is 32.2 Å². The first-order chi connectivity index (χ1) is 13.8. The molecule has 0 aromatic heterocycles. The smallest absolute Gasteiger partial charge is 0.194 e. The van der Waals surface area contributed by atoms with E-state index in [1.165, 1.54) is 31.4 Å². The molecule has 4 aliphatic rings. The van der Waals surface area contributed by atoms with Gasteiger partial charge in [0.05, 0.1) is 18.9 Å². The van der Waals surface area contributed by atoms with Crippen molar-refractivity contribution >= 4 is 11.6 Å². The van der Waals surface area contributed by atoms with Gasteiger partial charge in [-0.05, 0) is 31.4 Å². The van der Waals surface area contributed by atoms with Crippen molar-refractivity contribution in [1.29, 1.82) is 0 Å². The Labute approximate surface area is 167 Å². The van der Waals surface area contributed by atoms with Gasteiger partial charge >= 0.3 is 0 Å². The van der Waals surface area contributed by atoms with Crippen LogP contribution in [-0.4, -0.2) is 69.9 Å². The second-order valence-corrected chi connectivity index (χ2v) is 8.65. The Morgan fingerprint density at radius 2 is 2.00 bits per heavy atom. The third-order valence-corrected chi connectivity index (χ3v) is 7.54. The van der Waals surface area contributed by atoms with Crippen LogP contribution in [0.4, 0.5) is 5.69 Å². The number of methoxy groups -OCH3 is 1. The summed E-state index contributed by atoms with van der Waals surface area (Å²) in [4.78, 5) is 9.49. The standard InChI is InChI=1S/C22H32N4O2/c1-23-21(24-19-16-8-15-28-20(16)22(19)9-5-10-22)26-13-11-25(12-14-26)17-6-3-4-7-18(17)27-2/h3-4,6-7,16,19-20H,5,8-15H2,1-2H3,(H,23,24). The highest BCUT2D eigenvalue weighted by atomic mass is 16.5. The highest BCUT2D eigenvalue weighted by molar-refractivity contribution is 5.81. The third-order valence-electron chi connectivity index (χ3n) is 7.54. The maximum Gasteiger partial charge on any atom is 0.194 e. The molecule has 0 radical (unpaired) electrons. The summed E-state index contributed by atoms with van der Waals surface area (Å²) in [5.74, 6) is 2.69. The molecule has 3 unspecified atom stereocenters. The van der Waals surface area contributed by atoms with Crippen molar-refractivity contribution in [1.82, 2.24) is 10.2 Å². The average Bonchev–Trinajstić information content (AvgIpc) is 3.13. The molecule has 1 N–H and O–H groups in total. The molecule has 1 spiro atoms. The van der Waals surface area contributed by atoms with Crippen LogP contribution in [0, 0.1) is 11.3 Å². The van der Waals surface area contributed by atoms with Crippen LogP contribution in [-0.2, 0) is 4.74 Å². The summed E-state index contributed by atoms with van der Waals surface area (Å²) in [6.45, 7) is 4.84. The zero-order valence-electron chi connectivity index (χ0n) is 17.1. The number of para-hydroxylation sites is 2. The lowest BCUT2D eigenvalue weighted by Crippen LogP contribution is -2.73. The molecule has 5 rings (SSSR count). The number of anilines is 1. The fourth-order valence-corrected chi connectivity index (χ4v) is 5.94. The lowest BCUT2D eigenvalue weighted by atomic mass is 9.46. The van der Waals surface area contributed by atoms with Gasteiger partial charge in [0.2, 0.25) is 0 Å². The van der Waals surface area contributed by atoms with Gasteiger partial charge in [-0.1, -0.05) is 18.6 Å². The molecule has 6 nitrogen and oxygen atoms in total. The zero-order valence-corrected chi connectivity index (χ0v) is 17.1. The summed E-state index contributed by atoms with van der Waals surface area (Å²) in [5.41, 5.74) is 1.57. The summed E-state index contributed by atoms with van der Waals surface area (Å²) < 4.78 is 11.6. The predicted octanol–water partition coefficient (Wildman–Crippen LogP) is 2.35. The number of ether oxygens (including phenoxy) is 2. The normalized spacial score (nSPS) is 31.2. The van der Waals surface area contributed by atoms with E-state index in [0.29, 0.717) is 23.5 Å². The fourth-order valence-electron chi connectivity index (χ4n) is 5.94. The molecular weight excluding hydrogens is 352 g/mol. The molecular formula is C22H32N4O2. The molecule has 2 saturated heterocycles. The monoisotopic (exact) mass is 384 g/mol. The number of guanidine groups is 1. The topological polar surface area (TPSA) is 49.3 Å². The van der Waals surface area contributed by atoms with Gasteiger partial charge in [0, 0.05) is 57.2 Å². The van der Waals surface area contributed by atoms with Crippen LogP contribution >= 0.6 is 0 Å². The number of fused-ring (bicyclic) bond motifs is 2. The van der Waals surface area contributed by atoms with Crippen molar-refractivity contribution in [3.05, 3.63) is 24.3 Å². The van der Waals surface area contributed by atoms with Gasteiger partial charge in [0.1, 0.15) is 5.75 Å². The average molecular weight is 385 g/mol. The second kappa shape index (κ2) is 7.14. The second-order valence-electron chi connectivity index (χ2n) is 8.65. The van der Waals surface area contributed by atoms with Crippen LogP contribution < -0.4 is 15.0 Å². The summed E-state index contributed by atoms with van der Waals surface area (Å²) >= 11 is 0. The van der Waals surface area contributed by atoms with E-state index in [4.69, 9.17) is 9.47 Å². The van der Waals surface area contributed by atoms with E-state index in [1.54, 1.807) is 7.11 Å². The van der Waals surface area contributed by atoms with Gasteiger partial charge in [-0.2, -0.15) is 0 Å². The highest BCUT2D eigenvalue weighted by Gasteiger charge is 2.66. The molecule has 3 atom stereocenters. The van der Waals surface area contributed by atoms with E-state index in [9.17, 15) is 0 Å². The molecule has 152 valence electrons. The summed E-state index contributed by atoms with van der Waals surface area (Å²) in [5, 5.41) is 3.87. The number of hydrogen-bond acceptors (Lipinski definition) is 4. The van der Waals surface area contributed by atoms with Crippen LogP contribution in [0.5, 0.6) is 5.75 Å². The van der Waals surface area contributed by atoms with Crippen LogP contribution in [0.2, 0.25) is 0 Å². The lowest BCUT2D eigenvalue weighted by Gasteiger charge is -2.63. The molecule has 1 aromatic carbocycles. The molecule has 6 heteroatoms. The van der Waals surface area contributed by atoms with Gasteiger partial charge < -0.3 is 24.6 Å². The Hall–Kier alpha value is -1.95. The molecule has 2 heterocycles. The molecule has 2 aliphatic carbocycles.